The molecule has 1 fully saturated rings. The van der Waals surface area contributed by atoms with Gasteiger partial charge in [0.25, 0.3) is 0 Å². The highest BCUT2D eigenvalue weighted by atomic mass is 16.5. The predicted molar refractivity (Wildman–Crippen MR) is 208 cm³/mol. The molecule has 0 radical (unpaired) electrons. The van der Waals surface area contributed by atoms with Crippen LogP contribution >= 0.6 is 0 Å². The highest BCUT2D eigenvalue weighted by Gasteiger charge is 2.43. The number of nitrogens with one attached hydrogen (secondary N) is 2. The summed E-state index contributed by atoms with van der Waals surface area (Å²) in [6.07, 6.45) is 0.709. The number of nitrogens with zero attached hydrogens (tertiary/aromatic N) is 6. The molecule has 55 heavy (non-hydrogen) atoms. The smallest absolute Gasteiger partial charge is 0.328 e. The summed E-state index contributed by atoms with van der Waals surface area (Å²) < 4.78 is 16.8. The molecule has 1 heterocycles. The summed E-state index contributed by atoms with van der Waals surface area (Å²) in [7, 11) is 9.44. The summed E-state index contributed by atoms with van der Waals surface area (Å²) in [5.74, 6) is -2.95. The molecule has 1 aliphatic rings. The van der Waals surface area contributed by atoms with Crippen molar-refractivity contribution in [2.24, 2.45) is 22.9 Å². The molecular weight excluding hydrogens is 708 g/mol. The fourth-order valence-corrected chi connectivity index (χ4v) is 7.73. The summed E-state index contributed by atoms with van der Waals surface area (Å²) in [5, 5.41) is 9.26. The van der Waals surface area contributed by atoms with E-state index in [1.165, 1.54) is 26.2 Å². The molecule has 1 saturated heterocycles. The number of likely N-dealkylation sites (N-methyl/N-ethyl adjacent to an activating group) is 2. The lowest BCUT2D eigenvalue weighted by molar-refractivity contribution is -0.148. The molecule has 0 aliphatic carbocycles. The number of methoxy groups -OCH3 is 3. The number of hydrogen-bond acceptors (Lipinski definition) is 10. The van der Waals surface area contributed by atoms with Crippen LogP contribution in [0.3, 0.4) is 0 Å². The van der Waals surface area contributed by atoms with E-state index in [2.05, 4.69) is 20.7 Å². The third-order valence-corrected chi connectivity index (χ3v) is 10.7. The Bertz CT molecular complexity index is 1450. The summed E-state index contributed by atoms with van der Waals surface area (Å²) in [4.78, 5) is 75.8. The van der Waals surface area contributed by atoms with E-state index >= 15 is 0 Å². The van der Waals surface area contributed by atoms with Gasteiger partial charge in [-0.25, -0.2) is 4.79 Å². The summed E-state index contributed by atoms with van der Waals surface area (Å²) >= 11 is 0. The highest BCUT2D eigenvalue weighted by molar-refractivity contribution is 5.90. The number of azide groups is 1. The fraction of sp³-hybridized carbons (Fsp3) is 0.718. The number of likely N-dealkylation sites (tertiary alicyclic amines) is 1. The maximum atomic E-state index is 14.2. The molecule has 16 heteroatoms. The van der Waals surface area contributed by atoms with Crippen LogP contribution in [-0.4, -0.2) is 142 Å². The molecule has 9 atom stereocenters. The van der Waals surface area contributed by atoms with E-state index in [9.17, 15) is 24.0 Å². The topological polar surface area (TPSA) is 196 Å². The van der Waals surface area contributed by atoms with Crippen molar-refractivity contribution in [2.45, 2.75) is 109 Å². The minimum absolute atomic E-state index is 0.0550. The van der Waals surface area contributed by atoms with Crippen LogP contribution in [0.5, 0.6) is 0 Å². The van der Waals surface area contributed by atoms with Gasteiger partial charge in [0, 0.05) is 39.1 Å². The summed E-state index contributed by atoms with van der Waals surface area (Å²) in [6, 6.07) is 5.71. The second-order valence-electron chi connectivity index (χ2n) is 15.0. The number of esters is 1. The van der Waals surface area contributed by atoms with Crippen molar-refractivity contribution in [1.82, 2.24) is 25.3 Å². The molecule has 2 N–H and O–H groups in total. The molecule has 1 aromatic rings. The Kier molecular flexibility index (Phi) is 19.6. The van der Waals surface area contributed by atoms with Crippen LogP contribution in [0, 0.1) is 17.8 Å². The first-order chi connectivity index (χ1) is 26.1. The van der Waals surface area contributed by atoms with Crippen molar-refractivity contribution in [3.05, 3.63) is 46.3 Å². The van der Waals surface area contributed by atoms with E-state index in [0.29, 0.717) is 25.8 Å². The van der Waals surface area contributed by atoms with Gasteiger partial charge in [0.1, 0.15) is 12.1 Å². The Hall–Kier alpha value is -4.24. The van der Waals surface area contributed by atoms with Gasteiger partial charge in [-0.1, -0.05) is 76.5 Å². The van der Waals surface area contributed by atoms with Gasteiger partial charge in [0.15, 0.2) is 0 Å². The van der Waals surface area contributed by atoms with Gasteiger partial charge >= 0.3 is 5.97 Å². The minimum Gasteiger partial charge on any atom is -0.467 e. The number of amides is 4. The molecule has 0 saturated carbocycles. The first kappa shape index (κ1) is 46.9. The lowest BCUT2D eigenvalue weighted by atomic mass is 9.90. The number of benzene rings is 1. The Morgan fingerprint density at radius 2 is 1.60 bits per heavy atom. The van der Waals surface area contributed by atoms with Crippen LogP contribution < -0.4 is 10.6 Å². The van der Waals surface area contributed by atoms with Crippen molar-refractivity contribution in [1.29, 1.82) is 0 Å². The van der Waals surface area contributed by atoms with Gasteiger partial charge in [-0.05, 0) is 49.9 Å². The van der Waals surface area contributed by atoms with Crippen LogP contribution in [-0.2, 0) is 44.6 Å². The molecule has 4 amide bonds. The van der Waals surface area contributed by atoms with Crippen molar-refractivity contribution < 1.29 is 38.2 Å². The lowest BCUT2D eigenvalue weighted by Gasteiger charge is -2.40. The molecule has 2 rings (SSSR count). The molecule has 16 nitrogen and oxygen atoms in total. The van der Waals surface area contributed by atoms with Gasteiger partial charge < -0.3 is 34.6 Å². The lowest BCUT2D eigenvalue weighted by Crippen LogP contribution is -2.59. The number of hydrogen-bond donors (Lipinski definition) is 2. The van der Waals surface area contributed by atoms with Gasteiger partial charge in [0.05, 0.1) is 56.3 Å². The maximum absolute atomic E-state index is 14.2. The first-order valence-electron chi connectivity index (χ1n) is 19.1. The SMILES string of the molecule is CC[C@H](C)[C@@H]([C@@H](CC(=O)N1CCC[C@H]1[C@H](OC)[C@@H](C)C(=O)N[C@@H](Cc1ccccc1)C(=O)OC)OC)N(C)C(=O)[C@H](CN=[N+]=[N-])NC(=O)[C@H](C(C)C)N(C)C. The van der Waals surface area contributed by atoms with E-state index in [1.807, 2.05) is 58.0 Å². The zero-order valence-electron chi connectivity index (χ0n) is 34.6. The van der Waals surface area contributed by atoms with Gasteiger partial charge in [0.2, 0.25) is 23.6 Å². The molecule has 0 unspecified atom stereocenters. The molecule has 308 valence electrons. The molecular formula is C39H64N8O8. The van der Waals surface area contributed by atoms with Crippen LogP contribution in [0.1, 0.15) is 65.9 Å². The molecule has 1 aromatic carbocycles. The van der Waals surface area contributed by atoms with Crippen LogP contribution in [0.15, 0.2) is 35.4 Å². The number of ether oxygens (including phenoxy) is 3. The van der Waals surface area contributed by atoms with E-state index in [0.717, 1.165) is 5.56 Å². The summed E-state index contributed by atoms with van der Waals surface area (Å²) in [6.45, 7) is 9.62. The average Bonchev–Trinajstić information content (AvgIpc) is 3.65. The normalized spacial score (nSPS) is 18.6. The monoisotopic (exact) mass is 772 g/mol. The molecule has 0 spiro atoms. The zero-order valence-corrected chi connectivity index (χ0v) is 34.6. The van der Waals surface area contributed by atoms with E-state index in [4.69, 9.17) is 19.7 Å². The third-order valence-electron chi connectivity index (χ3n) is 10.7. The molecule has 1 aliphatic heterocycles. The zero-order chi connectivity index (χ0) is 41.4. The molecule has 0 aromatic heterocycles. The van der Waals surface area contributed by atoms with Gasteiger partial charge in [-0.2, -0.15) is 0 Å². The van der Waals surface area contributed by atoms with E-state index in [1.54, 1.807) is 37.9 Å². The third kappa shape index (κ3) is 12.9. The Morgan fingerprint density at radius 3 is 2.13 bits per heavy atom. The Balaban J connectivity index is 2.30. The quantitative estimate of drug-likeness (QED) is 0.0770. The van der Waals surface area contributed by atoms with Gasteiger partial charge in [-0.15, -0.1) is 0 Å². The van der Waals surface area contributed by atoms with Crippen LogP contribution in [0.2, 0.25) is 0 Å². The van der Waals surface area contributed by atoms with Gasteiger partial charge in [-0.3, -0.25) is 24.1 Å². The Morgan fingerprint density at radius 1 is 0.964 bits per heavy atom. The second-order valence-corrected chi connectivity index (χ2v) is 15.0. The van der Waals surface area contributed by atoms with Crippen LogP contribution in [0.4, 0.5) is 0 Å². The van der Waals surface area contributed by atoms with Crippen molar-refractivity contribution in [3.8, 4) is 0 Å². The highest BCUT2D eigenvalue weighted by Crippen LogP contribution is 2.29. The van der Waals surface area contributed by atoms with Crippen LogP contribution in [0.25, 0.3) is 10.4 Å². The van der Waals surface area contributed by atoms with Crippen molar-refractivity contribution in [3.63, 3.8) is 0 Å². The number of carbonyl (C=O) groups is 5. The standard InChI is InChI=1S/C39H64N8O8/c1-12-25(4)34(46(8)38(51)29(23-41-44-40)43-37(50)33(24(2)3)45(6)7)31(53-9)22-32(48)47-20-16-19-30(47)35(54-10)26(5)36(49)42-28(39(52)55-11)21-27-17-14-13-15-18-27/h13-15,17-18,24-26,28-31,33-35H,12,16,19-23H2,1-11H3,(H,42,49)(H,43,50)/t25-,26+,28-,29-,30-,31+,33-,34-,35+/m0/s1. The number of carbonyl (C=O) groups excluding carboxylic acids is 5. The minimum atomic E-state index is -1.14. The summed E-state index contributed by atoms with van der Waals surface area (Å²) in [5.41, 5.74) is 9.95. The molecule has 0 bridgehead atoms. The second kappa shape index (κ2) is 23.0. The Labute approximate surface area is 326 Å². The first-order valence-corrected chi connectivity index (χ1v) is 19.1. The fourth-order valence-electron chi connectivity index (χ4n) is 7.73. The predicted octanol–water partition coefficient (Wildman–Crippen LogP) is 3.19. The van der Waals surface area contributed by atoms with Crippen molar-refractivity contribution in [2.75, 3.05) is 55.6 Å². The maximum Gasteiger partial charge on any atom is 0.328 e. The van der Waals surface area contributed by atoms with Crippen molar-refractivity contribution >= 4 is 29.6 Å². The largest absolute Gasteiger partial charge is 0.467 e. The number of rotatable bonds is 22. The average molecular weight is 773 g/mol. The van der Waals surface area contributed by atoms with E-state index < -0.39 is 66.1 Å². The van der Waals surface area contributed by atoms with E-state index in [-0.39, 0.29) is 43.0 Å².